The Kier molecular flexibility index (Phi) is 8.84. The number of piperidine rings is 1. The van der Waals surface area contributed by atoms with Crippen LogP contribution in [-0.4, -0.2) is 52.6 Å². The van der Waals surface area contributed by atoms with Crippen LogP contribution in [0.15, 0.2) is 66.7 Å². The van der Waals surface area contributed by atoms with Gasteiger partial charge in [0.15, 0.2) is 0 Å². The Morgan fingerprint density at radius 1 is 1.12 bits per heavy atom. The van der Waals surface area contributed by atoms with Crippen LogP contribution >= 0.6 is 0 Å². The van der Waals surface area contributed by atoms with Crippen molar-refractivity contribution in [3.05, 3.63) is 94.8 Å². The summed E-state index contributed by atoms with van der Waals surface area (Å²) in [6.07, 6.45) is 0.603. The molecule has 0 spiro atoms. The summed E-state index contributed by atoms with van der Waals surface area (Å²) < 4.78 is 15.5. The maximum Gasteiger partial charge on any atom is 0.404 e. The molecule has 0 aromatic heterocycles. The molecule has 1 fully saturated rings. The number of hydrogen-bond acceptors (Lipinski definition) is 4. The second kappa shape index (κ2) is 12.3. The molecule has 1 aliphatic rings. The summed E-state index contributed by atoms with van der Waals surface area (Å²) >= 11 is 0. The zero-order chi connectivity index (χ0) is 28.9. The van der Waals surface area contributed by atoms with Crippen molar-refractivity contribution in [3.63, 3.8) is 0 Å². The van der Waals surface area contributed by atoms with Gasteiger partial charge in [-0.05, 0) is 61.9 Å². The second-order valence-corrected chi connectivity index (χ2v) is 10.4. The number of carbonyl (C=O) groups excluding carboxylic acids is 1. The minimum absolute atomic E-state index is 0.0843. The molecule has 2 amide bonds. The molecule has 0 radical (unpaired) electrons. The molecule has 0 bridgehead atoms. The van der Waals surface area contributed by atoms with Gasteiger partial charge in [-0.1, -0.05) is 54.1 Å². The SMILES string of the molecule is Cc1cccc(-c2c(F)cccc2C(O)(CCCNC(=O)O)C2CCCN(C(=O)c3ccc(C(=N)N)cc3)C2)c1. The standard InChI is InChI=1S/C31H35FN4O4/c1-20-6-2-7-23(18-20)27-25(9-3-10-26(27)32)31(40,15-5-16-35-30(38)39)24-8-4-17-36(19-24)29(37)22-13-11-21(12-14-22)28(33)34/h2-3,6-7,9-14,18,24,35,40H,4-5,8,15-17,19H2,1H3,(H3,33,34)(H,38,39). The monoisotopic (exact) mass is 546 g/mol. The first-order valence-electron chi connectivity index (χ1n) is 13.4. The van der Waals surface area contributed by atoms with Crippen LogP contribution in [0.1, 0.15) is 52.7 Å². The van der Waals surface area contributed by atoms with Gasteiger partial charge in [0.05, 0.1) is 5.60 Å². The largest absolute Gasteiger partial charge is 0.465 e. The van der Waals surface area contributed by atoms with Crippen LogP contribution in [-0.2, 0) is 5.60 Å². The number of nitrogens with one attached hydrogen (secondary N) is 2. The third kappa shape index (κ3) is 6.31. The van der Waals surface area contributed by atoms with Crippen LogP contribution in [0, 0.1) is 24.1 Å². The Labute approximate surface area is 233 Å². The Hall–Kier alpha value is -4.24. The van der Waals surface area contributed by atoms with Crippen molar-refractivity contribution in [2.24, 2.45) is 11.7 Å². The fraction of sp³-hybridized carbons (Fsp3) is 0.323. The van der Waals surface area contributed by atoms with Crippen molar-refractivity contribution in [3.8, 4) is 11.1 Å². The number of amides is 2. The summed E-state index contributed by atoms with van der Waals surface area (Å²) in [5, 5.41) is 31.4. The summed E-state index contributed by atoms with van der Waals surface area (Å²) in [5.41, 5.74) is 7.31. The topological polar surface area (TPSA) is 140 Å². The molecule has 3 aromatic rings. The highest BCUT2D eigenvalue weighted by atomic mass is 19.1. The Bertz CT molecular complexity index is 1390. The van der Waals surface area contributed by atoms with Crippen LogP contribution in [0.3, 0.4) is 0 Å². The summed E-state index contributed by atoms with van der Waals surface area (Å²) in [6, 6.07) is 18.6. The number of carbonyl (C=O) groups is 2. The number of aliphatic hydroxyl groups is 1. The number of likely N-dealkylation sites (tertiary alicyclic amines) is 1. The van der Waals surface area contributed by atoms with Crippen LogP contribution < -0.4 is 11.1 Å². The summed E-state index contributed by atoms with van der Waals surface area (Å²) in [5.74, 6) is -1.16. The first kappa shape index (κ1) is 28.8. The zero-order valence-electron chi connectivity index (χ0n) is 22.5. The predicted molar refractivity (Wildman–Crippen MR) is 152 cm³/mol. The number of nitrogen functional groups attached to an aromatic ring is 1. The fourth-order valence-corrected chi connectivity index (χ4v) is 5.62. The third-order valence-corrected chi connectivity index (χ3v) is 7.62. The number of halogens is 1. The third-order valence-electron chi connectivity index (χ3n) is 7.62. The number of nitrogens with two attached hydrogens (primary N) is 1. The number of carboxylic acid groups (broad SMARTS) is 1. The van der Waals surface area contributed by atoms with Gasteiger partial charge < -0.3 is 26.2 Å². The molecule has 0 saturated carbocycles. The van der Waals surface area contributed by atoms with Gasteiger partial charge in [0.1, 0.15) is 11.7 Å². The smallest absolute Gasteiger partial charge is 0.404 e. The molecule has 210 valence electrons. The molecule has 9 heteroatoms. The highest BCUT2D eigenvalue weighted by Crippen LogP contribution is 2.44. The van der Waals surface area contributed by atoms with Crippen molar-refractivity contribution < 1.29 is 24.2 Å². The minimum Gasteiger partial charge on any atom is -0.465 e. The van der Waals surface area contributed by atoms with E-state index in [0.29, 0.717) is 53.6 Å². The van der Waals surface area contributed by atoms with E-state index in [4.69, 9.17) is 16.2 Å². The first-order valence-corrected chi connectivity index (χ1v) is 13.4. The summed E-state index contributed by atoms with van der Waals surface area (Å²) in [6.45, 7) is 2.81. The van der Waals surface area contributed by atoms with E-state index < -0.39 is 23.4 Å². The number of hydrogen-bond donors (Lipinski definition) is 5. The Balaban J connectivity index is 1.70. The van der Waals surface area contributed by atoms with E-state index in [0.717, 1.165) is 5.56 Å². The normalized spacial score (nSPS) is 16.7. The maximum absolute atomic E-state index is 15.5. The molecule has 1 saturated heterocycles. The van der Waals surface area contributed by atoms with Crippen LogP contribution in [0.4, 0.5) is 9.18 Å². The molecule has 1 heterocycles. The lowest BCUT2D eigenvalue weighted by Crippen LogP contribution is -2.48. The van der Waals surface area contributed by atoms with Gasteiger partial charge in [-0.15, -0.1) is 0 Å². The first-order chi connectivity index (χ1) is 19.1. The molecular formula is C31H35FN4O4. The van der Waals surface area contributed by atoms with E-state index in [2.05, 4.69) is 5.32 Å². The molecule has 6 N–H and O–H groups in total. The zero-order valence-corrected chi connectivity index (χ0v) is 22.5. The molecule has 40 heavy (non-hydrogen) atoms. The van der Waals surface area contributed by atoms with Crippen LogP contribution in [0.2, 0.25) is 0 Å². The molecule has 2 atom stereocenters. The van der Waals surface area contributed by atoms with Gasteiger partial charge >= 0.3 is 6.09 Å². The summed E-state index contributed by atoms with van der Waals surface area (Å²) in [4.78, 5) is 26.2. The molecule has 2 unspecified atom stereocenters. The van der Waals surface area contributed by atoms with Crippen molar-refractivity contribution >= 4 is 17.8 Å². The lowest BCUT2D eigenvalue weighted by Gasteiger charge is -2.43. The van der Waals surface area contributed by atoms with Gasteiger partial charge in [0.2, 0.25) is 0 Å². The predicted octanol–water partition coefficient (Wildman–Crippen LogP) is 4.87. The number of amidine groups is 1. The van der Waals surface area contributed by atoms with E-state index in [1.165, 1.54) is 6.07 Å². The maximum atomic E-state index is 15.5. The quantitative estimate of drug-likeness (QED) is 0.148. The molecule has 1 aliphatic heterocycles. The van der Waals surface area contributed by atoms with Gasteiger partial charge in [0.25, 0.3) is 5.91 Å². The highest BCUT2D eigenvalue weighted by Gasteiger charge is 2.43. The van der Waals surface area contributed by atoms with Crippen molar-refractivity contribution in [1.29, 1.82) is 5.41 Å². The van der Waals surface area contributed by atoms with E-state index >= 15 is 4.39 Å². The second-order valence-electron chi connectivity index (χ2n) is 10.4. The van der Waals surface area contributed by atoms with Crippen LogP contribution in [0.5, 0.6) is 0 Å². The average Bonchev–Trinajstić information content (AvgIpc) is 2.94. The molecule has 3 aromatic carbocycles. The van der Waals surface area contributed by atoms with Gasteiger partial charge in [0, 0.05) is 42.2 Å². The summed E-state index contributed by atoms with van der Waals surface area (Å²) in [7, 11) is 0. The van der Waals surface area contributed by atoms with Gasteiger partial charge in [-0.2, -0.15) is 0 Å². The minimum atomic E-state index is -1.53. The Morgan fingerprint density at radius 3 is 2.50 bits per heavy atom. The molecular weight excluding hydrogens is 511 g/mol. The van der Waals surface area contributed by atoms with Crippen molar-refractivity contribution in [1.82, 2.24) is 10.2 Å². The number of aryl methyl sites for hydroxylation is 1. The van der Waals surface area contributed by atoms with E-state index in [1.807, 2.05) is 31.2 Å². The van der Waals surface area contributed by atoms with Crippen molar-refractivity contribution in [2.45, 2.75) is 38.2 Å². The average molecular weight is 547 g/mol. The van der Waals surface area contributed by atoms with E-state index in [-0.39, 0.29) is 31.3 Å². The van der Waals surface area contributed by atoms with Gasteiger partial charge in [-0.3, -0.25) is 10.2 Å². The van der Waals surface area contributed by atoms with E-state index in [1.54, 1.807) is 41.3 Å². The number of benzene rings is 3. The van der Waals surface area contributed by atoms with Crippen molar-refractivity contribution in [2.75, 3.05) is 19.6 Å². The number of nitrogens with zero attached hydrogens (tertiary/aromatic N) is 1. The lowest BCUT2D eigenvalue weighted by atomic mass is 9.72. The molecule has 8 nitrogen and oxygen atoms in total. The van der Waals surface area contributed by atoms with Gasteiger partial charge in [-0.25, -0.2) is 9.18 Å². The number of rotatable bonds is 9. The lowest BCUT2D eigenvalue weighted by molar-refractivity contribution is -0.0564. The molecule has 4 rings (SSSR count). The highest BCUT2D eigenvalue weighted by molar-refractivity contribution is 5.98. The Morgan fingerprint density at radius 2 is 1.82 bits per heavy atom. The fourth-order valence-electron chi connectivity index (χ4n) is 5.62. The molecule has 0 aliphatic carbocycles. The van der Waals surface area contributed by atoms with Crippen LogP contribution in [0.25, 0.3) is 11.1 Å². The van der Waals surface area contributed by atoms with E-state index in [9.17, 15) is 14.7 Å².